The molecule has 1 fully saturated rings. The molecule has 0 saturated carbocycles. The van der Waals surface area contributed by atoms with Crippen LogP contribution in [0.2, 0.25) is 0 Å². The Morgan fingerprint density at radius 2 is 1.77 bits per heavy atom. The average Bonchev–Trinajstić information content (AvgIpc) is 2.64. The number of aryl methyl sites for hydroxylation is 2. The molecular weight excluding hydrogens is 324 g/mol. The fourth-order valence-corrected chi connectivity index (χ4v) is 3.45. The second-order valence-corrected chi connectivity index (χ2v) is 7.13. The average molecular weight is 350 g/mol. The van der Waals surface area contributed by atoms with Crippen molar-refractivity contribution in [3.8, 4) is 0 Å². The minimum absolute atomic E-state index is 0.0300. The van der Waals surface area contributed by atoms with Gasteiger partial charge >= 0.3 is 0 Å². The van der Waals surface area contributed by atoms with Crippen LogP contribution in [0.1, 0.15) is 29.5 Å². The van der Waals surface area contributed by atoms with Gasteiger partial charge in [0.1, 0.15) is 0 Å². The van der Waals surface area contributed by atoms with Crippen molar-refractivity contribution >= 4 is 17.5 Å². The van der Waals surface area contributed by atoms with Crippen molar-refractivity contribution in [2.75, 3.05) is 18.4 Å². The van der Waals surface area contributed by atoms with Crippen LogP contribution in [-0.4, -0.2) is 29.8 Å². The summed E-state index contributed by atoms with van der Waals surface area (Å²) in [5.41, 5.74) is 4.15. The van der Waals surface area contributed by atoms with Crippen LogP contribution < -0.4 is 5.32 Å². The van der Waals surface area contributed by atoms with Gasteiger partial charge in [0.25, 0.3) is 0 Å². The first kappa shape index (κ1) is 18.2. The summed E-state index contributed by atoms with van der Waals surface area (Å²) < 4.78 is 0. The zero-order chi connectivity index (χ0) is 18.5. The molecule has 0 radical (unpaired) electrons. The Morgan fingerprint density at radius 1 is 1.04 bits per heavy atom. The Morgan fingerprint density at radius 3 is 2.46 bits per heavy atom. The maximum atomic E-state index is 12.5. The van der Waals surface area contributed by atoms with E-state index in [0.717, 1.165) is 29.7 Å². The Bertz CT molecular complexity index is 792. The standard InChI is InChI=1S/C22H26N2O2/c1-16-6-5-8-18(14-16)15-21(25)24-12-10-19(11-13-24)22(26)23-20-9-4-3-7-17(20)2/h3-9,14,19H,10-13,15H2,1-2H3,(H,23,26). The molecule has 0 spiro atoms. The van der Waals surface area contributed by atoms with Crippen molar-refractivity contribution in [1.82, 2.24) is 4.90 Å². The number of carbonyl (C=O) groups is 2. The summed E-state index contributed by atoms with van der Waals surface area (Å²) in [6.45, 7) is 5.32. The van der Waals surface area contributed by atoms with Gasteiger partial charge in [-0.2, -0.15) is 0 Å². The lowest BCUT2D eigenvalue weighted by molar-refractivity contribution is -0.133. The van der Waals surface area contributed by atoms with Crippen LogP contribution >= 0.6 is 0 Å². The maximum absolute atomic E-state index is 12.5. The minimum atomic E-state index is -0.0300. The Balaban J connectivity index is 1.51. The summed E-state index contributed by atoms with van der Waals surface area (Å²) in [4.78, 5) is 26.9. The van der Waals surface area contributed by atoms with Crippen LogP contribution in [0.15, 0.2) is 48.5 Å². The van der Waals surface area contributed by atoms with E-state index in [1.165, 1.54) is 5.56 Å². The molecule has 1 N–H and O–H groups in total. The molecule has 3 rings (SSSR count). The van der Waals surface area contributed by atoms with E-state index in [0.29, 0.717) is 19.5 Å². The molecule has 1 saturated heterocycles. The summed E-state index contributed by atoms with van der Waals surface area (Å²) >= 11 is 0. The molecule has 1 aliphatic rings. The first-order chi connectivity index (χ1) is 12.5. The van der Waals surface area contributed by atoms with Crippen molar-refractivity contribution in [3.63, 3.8) is 0 Å². The third-order valence-electron chi connectivity index (χ3n) is 5.06. The van der Waals surface area contributed by atoms with Gasteiger partial charge in [-0.25, -0.2) is 0 Å². The molecule has 26 heavy (non-hydrogen) atoms. The number of nitrogens with zero attached hydrogens (tertiary/aromatic N) is 1. The molecule has 2 amide bonds. The van der Waals surface area contributed by atoms with Crippen molar-refractivity contribution in [1.29, 1.82) is 0 Å². The van der Waals surface area contributed by atoms with Crippen LogP contribution in [-0.2, 0) is 16.0 Å². The van der Waals surface area contributed by atoms with E-state index in [1.54, 1.807) is 0 Å². The molecule has 136 valence electrons. The maximum Gasteiger partial charge on any atom is 0.227 e. The third kappa shape index (κ3) is 4.51. The van der Waals surface area contributed by atoms with Gasteiger partial charge in [-0.1, -0.05) is 48.0 Å². The summed E-state index contributed by atoms with van der Waals surface area (Å²) in [7, 11) is 0. The minimum Gasteiger partial charge on any atom is -0.342 e. The van der Waals surface area contributed by atoms with Crippen molar-refractivity contribution < 1.29 is 9.59 Å². The topological polar surface area (TPSA) is 49.4 Å². The highest BCUT2D eigenvalue weighted by molar-refractivity contribution is 5.93. The summed E-state index contributed by atoms with van der Waals surface area (Å²) in [5.74, 6) is 0.177. The van der Waals surface area contributed by atoms with E-state index < -0.39 is 0 Å². The van der Waals surface area contributed by atoms with Crippen LogP contribution in [0, 0.1) is 19.8 Å². The first-order valence-electron chi connectivity index (χ1n) is 9.23. The zero-order valence-electron chi connectivity index (χ0n) is 15.5. The van der Waals surface area contributed by atoms with E-state index in [9.17, 15) is 9.59 Å². The Kier molecular flexibility index (Phi) is 5.71. The van der Waals surface area contributed by atoms with Crippen LogP contribution in [0.25, 0.3) is 0 Å². The number of piperidine rings is 1. The Hall–Kier alpha value is -2.62. The fourth-order valence-electron chi connectivity index (χ4n) is 3.45. The van der Waals surface area contributed by atoms with Crippen LogP contribution in [0.5, 0.6) is 0 Å². The van der Waals surface area contributed by atoms with Crippen molar-refractivity contribution in [3.05, 3.63) is 65.2 Å². The quantitative estimate of drug-likeness (QED) is 0.913. The predicted octanol–water partition coefficient (Wildman–Crippen LogP) is 3.72. The monoisotopic (exact) mass is 350 g/mol. The molecule has 4 nitrogen and oxygen atoms in total. The van der Waals surface area contributed by atoms with E-state index in [2.05, 4.69) is 11.4 Å². The number of carbonyl (C=O) groups excluding carboxylic acids is 2. The number of benzene rings is 2. The fraction of sp³-hybridized carbons (Fsp3) is 0.364. The van der Waals surface area contributed by atoms with Gasteiger partial charge in [-0.05, 0) is 43.9 Å². The highest BCUT2D eigenvalue weighted by atomic mass is 16.2. The number of anilines is 1. The second-order valence-electron chi connectivity index (χ2n) is 7.13. The highest BCUT2D eigenvalue weighted by Gasteiger charge is 2.27. The molecule has 0 bridgehead atoms. The van der Waals surface area contributed by atoms with Crippen molar-refractivity contribution in [2.45, 2.75) is 33.1 Å². The summed E-state index contributed by atoms with van der Waals surface area (Å²) in [5, 5.41) is 3.03. The number of rotatable bonds is 4. The zero-order valence-corrected chi connectivity index (χ0v) is 15.5. The molecule has 4 heteroatoms. The van der Waals surface area contributed by atoms with Gasteiger partial charge in [0.15, 0.2) is 0 Å². The van der Waals surface area contributed by atoms with E-state index in [1.807, 2.05) is 61.2 Å². The van der Waals surface area contributed by atoms with Gasteiger partial charge in [-0.3, -0.25) is 9.59 Å². The number of amides is 2. The van der Waals surface area contributed by atoms with E-state index in [4.69, 9.17) is 0 Å². The molecule has 0 aliphatic carbocycles. The van der Waals surface area contributed by atoms with E-state index in [-0.39, 0.29) is 17.7 Å². The van der Waals surface area contributed by atoms with Crippen LogP contribution in [0.4, 0.5) is 5.69 Å². The number of hydrogen-bond donors (Lipinski definition) is 1. The molecule has 2 aromatic rings. The smallest absolute Gasteiger partial charge is 0.227 e. The second kappa shape index (κ2) is 8.17. The first-order valence-corrected chi connectivity index (χ1v) is 9.23. The molecule has 0 atom stereocenters. The lowest BCUT2D eigenvalue weighted by atomic mass is 9.95. The van der Waals surface area contributed by atoms with E-state index >= 15 is 0 Å². The summed E-state index contributed by atoms with van der Waals surface area (Å²) in [6.07, 6.45) is 1.87. The lowest BCUT2D eigenvalue weighted by Crippen LogP contribution is -2.42. The molecule has 1 heterocycles. The number of hydrogen-bond acceptors (Lipinski definition) is 2. The van der Waals surface area contributed by atoms with Gasteiger partial charge in [0.2, 0.25) is 11.8 Å². The lowest BCUT2D eigenvalue weighted by Gasteiger charge is -2.31. The summed E-state index contributed by atoms with van der Waals surface area (Å²) in [6, 6.07) is 15.9. The largest absolute Gasteiger partial charge is 0.342 e. The predicted molar refractivity (Wildman–Crippen MR) is 104 cm³/mol. The van der Waals surface area contributed by atoms with Gasteiger partial charge in [0, 0.05) is 24.7 Å². The Labute approximate surface area is 155 Å². The number of nitrogens with one attached hydrogen (secondary N) is 1. The SMILES string of the molecule is Cc1cccc(CC(=O)N2CCC(C(=O)Nc3ccccc3C)CC2)c1. The number of para-hydroxylation sites is 1. The normalized spacial score (nSPS) is 14.9. The molecule has 0 aromatic heterocycles. The molecule has 0 unspecified atom stereocenters. The van der Waals surface area contributed by atoms with Gasteiger partial charge in [-0.15, -0.1) is 0 Å². The molecule has 2 aromatic carbocycles. The molecule has 1 aliphatic heterocycles. The third-order valence-corrected chi connectivity index (χ3v) is 5.06. The van der Waals surface area contributed by atoms with Crippen LogP contribution in [0.3, 0.4) is 0 Å². The van der Waals surface area contributed by atoms with Gasteiger partial charge in [0.05, 0.1) is 6.42 Å². The number of likely N-dealkylation sites (tertiary alicyclic amines) is 1. The molecular formula is C22H26N2O2. The van der Waals surface area contributed by atoms with Gasteiger partial charge < -0.3 is 10.2 Å². The highest BCUT2D eigenvalue weighted by Crippen LogP contribution is 2.21. The van der Waals surface area contributed by atoms with Crippen molar-refractivity contribution in [2.24, 2.45) is 5.92 Å².